The summed E-state index contributed by atoms with van der Waals surface area (Å²) in [4.78, 5) is 11.9. The van der Waals surface area contributed by atoms with Crippen molar-refractivity contribution < 1.29 is 18.0 Å². The van der Waals surface area contributed by atoms with Crippen LogP contribution in [0.5, 0.6) is 0 Å². The van der Waals surface area contributed by atoms with Gasteiger partial charge >= 0.3 is 6.18 Å². The van der Waals surface area contributed by atoms with Crippen LogP contribution in [0, 0.1) is 0 Å². The van der Waals surface area contributed by atoms with E-state index in [2.05, 4.69) is 26.6 Å². The molecule has 1 aromatic rings. The minimum atomic E-state index is -4.42. The Morgan fingerprint density at radius 1 is 1.42 bits per heavy atom. The molecule has 7 heteroatoms. The molecule has 1 aliphatic heterocycles. The van der Waals surface area contributed by atoms with Crippen molar-refractivity contribution in [3.63, 3.8) is 0 Å². The van der Waals surface area contributed by atoms with Crippen LogP contribution >= 0.6 is 15.9 Å². The van der Waals surface area contributed by atoms with Crippen molar-refractivity contribution in [2.24, 2.45) is 0 Å². The highest BCUT2D eigenvalue weighted by atomic mass is 79.9. The molecule has 19 heavy (non-hydrogen) atoms. The number of hydrogen-bond donors (Lipinski definition) is 2. The number of alkyl halides is 3. The summed E-state index contributed by atoms with van der Waals surface area (Å²) in [6.07, 6.45) is -2.84. The topological polar surface area (TPSA) is 41.1 Å². The van der Waals surface area contributed by atoms with E-state index in [-0.39, 0.29) is 17.6 Å². The van der Waals surface area contributed by atoms with Crippen molar-refractivity contribution in [3.8, 4) is 0 Å². The van der Waals surface area contributed by atoms with Gasteiger partial charge in [0.15, 0.2) is 0 Å². The number of nitrogens with one attached hydrogen (secondary N) is 2. The molecule has 1 aromatic carbocycles. The highest BCUT2D eigenvalue weighted by molar-refractivity contribution is 9.10. The fourth-order valence-corrected chi connectivity index (χ4v) is 2.27. The standard InChI is InChI=1S/C12H12BrF3N2O/c13-8-4-3-7(12(14,15)16)6-10(8)18-11(19)9-2-1-5-17-9/h3-4,6,9,17H,1-2,5H2,(H,18,19). The molecule has 1 amide bonds. The molecule has 1 heterocycles. The molecule has 3 nitrogen and oxygen atoms in total. The molecule has 0 radical (unpaired) electrons. The molecule has 0 aromatic heterocycles. The Morgan fingerprint density at radius 3 is 2.74 bits per heavy atom. The molecule has 1 aliphatic rings. The van der Waals surface area contributed by atoms with Crippen molar-refractivity contribution in [3.05, 3.63) is 28.2 Å². The third-order valence-corrected chi connectivity index (χ3v) is 3.62. The Balaban J connectivity index is 2.17. The van der Waals surface area contributed by atoms with Crippen molar-refractivity contribution in [2.75, 3.05) is 11.9 Å². The molecule has 0 bridgehead atoms. The maximum Gasteiger partial charge on any atom is 0.416 e. The van der Waals surface area contributed by atoms with Crippen LogP contribution in [-0.2, 0) is 11.0 Å². The fraction of sp³-hybridized carbons (Fsp3) is 0.417. The Kier molecular flexibility index (Phi) is 4.15. The van der Waals surface area contributed by atoms with Crippen LogP contribution < -0.4 is 10.6 Å². The number of amides is 1. The van der Waals surface area contributed by atoms with Gasteiger partial charge in [0.25, 0.3) is 0 Å². The van der Waals surface area contributed by atoms with E-state index in [1.54, 1.807) is 0 Å². The normalized spacial score (nSPS) is 19.5. The SMILES string of the molecule is O=C(Nc1cc(C(F)(F)F)ccc1Br)C1CCCN1. The van der Waals surface area contributed by atoms with Crippen LogP contribution in [0.2, 0.25) is 0 Å². The number of hydrogen-bond acceptors (Lipinski definition) is 2. The zero-order chi connectivity index (χ0) is 14.0. The number of carbonyl (C=O) groups excluding carboxylic acids is 1. The summed E-state index contributed by atoms with van der Waals surface area (Å²) in [5, 5.41) is 5.51. The van der Waals surface area contributed by atoms with Crippen LogP contribution in [-0.4, -0.2) is 18.5 Å². The Morgan fingerprint density at radius 2 is 2.16 bits per heavy atom. The second-order valence-electron chi connectivity index (χ2n) is 4.33. The average molecular weight is 337 g/mol. The van der Waals surface area contributed by atoms with Crippen LogP contribution in [0.4, 0.5) is 18.9 Å². The molecule has 0 saturated carbocycles. The molecule has 2 N–H and O–H groups in total. The number of halogens is 4. The lowest BCUT2D eigenvalue weighted by atomic mass is 10.1. The Labute approximate surface area is 116 Å². The molecule has 1 unspecified atom stereocenters. The van der Waals surface area contributed by atoms with Gasteiger partial charge in [0.05, 0.1) is 17.3 Å². The number of carbonyl (C=O) groups is 1. The minimum absolute atomic E-state index is 0.133. The molecule has 0 spiro atoms. The van der Waals surface area contributed by atoms with Gasteiger partial charge < -0.3 is 10.6 Å². The van der Waals surface area contributed by atoms with Gasteiger partial charge in [-0.3, -0.25) is 4.79 Å². The van der Waals surface area contributed by atoms with E-state index >= 15 is 0 Å². The highest BCUT2D eigenvalue weighted by Crippen LogP contribution is 2.34. The van der Waals surface area contributed by atoms with Crippen LogP contribution in [0.3, 0.4) is 0 Å². The summed E-state index contributed by atoms with van der Waals surface area (Å²) >= 11 is 3.13. The highest BCUT2D eigenvalue weighted by Gasteiger charge is 2.31. The van der Waals surface area contributed by atoms with Crippen molar-refractivity contribution in [1.82, 2.24) is 5.32 Å². The monoisotopic (exact) mass is 336 g/mol. The summed E-state index contributed by atoms with van der Waals surface area (Å²) in [6, 6.07) is 2.84. The largest absolute Gasteiger partial charge is 0.416 e. The van der Waals surface area contributed by atoms with Gasteiger partial charge in [-0.1, -0.05) is 0 Å². The molecule has 1 saturated heterocycles. The average Bonchev–Trinajstić information content (AvgIpc) is 2.84. The predicted octanol–water partition coefficient (Wildman–Crippen LogP) is 3.16. The molecular weight excluding hydrogens is 325 g/mol. The van der Waals surface area contributed by atoms with E-state index in [1.165, 1.54) is 6.07 Å². The molecule has 104 valence electrons. The van der Waals surface area contributed by atoms with E-state index in [1.807, 2.05) is 0 Å². The van der Waals surface area contributed by atoms with E-state index in [9.17, 15) is 18.0 Å². The minimum Gasteiger partial charge on any atom is -0.324 e. The molecule has 0 aliphatic carbocycles. The first kappa shape index (κ1) is 14.3. The smallest absolute Gasteiger partial charge is 0.324 e. The molecule has 1 fully saturated rings. The van der Waals surface area contributed by atoms with Gasteiger partial charge in [-0.15, -0.1) is 0 Å². The van der Waals surface area contributed by atoms with Crippen LogP contribution in [0.15, 0.2) is 22.7 Å². The first-order valence-corrected chi connectivity index (χ1v) is 6.58. The quantitative estimate of drug-likeness (QED) is 0.871. The lowest BCUT2D eigenvalue weighted by molar-refractivity contribution is -0.137. The lowest BCUT2D eigenvalue weighted by Gasteiger charge is -2.14. The first-order valence-electron chi connectivity index (χ1n) is 5.79. The van der Waals surface area contributed by atoms with Crippen LogP contribution in [0.1, 0.15) is 18.4 Å². The summed E-state index contributed by atoms with van der Waals surface area (Å²) < 4.78 is 38.2. The number of anilines is 1. The van der Waals surface area contributed by atoms with Gasteiger partial charge in [0.1, 0.15) is 0 Å². The Hall–Kier alpha value is -1.08. The van der Waals surface area contributed by atoms with Crippen LogP contribution in [0.25, 0.3) is 0 Å². The second-order valence-corrected chi connectivity index (χ2v) is 5.18. The van der Waals surface area contributed by atoms with Gasteiger partial charge in [-0.2, -0.15) is 13.2 Å². The molecule has 1 atom stereocenters. The third-order valence-electron chi connectivity index (χ3n) is 2.93. The zero-order valence-corrected chi connectivity index (χ0v) is 11.4. The summed E-state index contributed by atoms with van der Waals surface area (Å²) in [5.74, 6) is -0.308. The van der Waals surface area contributed by atoms with E-state index in [4.69, 9.17) is 0 Å². The maximum absolute atomic E-state index is 12.6. The van der Waals surface area contributed by atoms with E-state index in [0.717, 1.165) is 25.1 Å². The predicted molar refractivity (Wildman–Crippen MR) is 68.8 cm³/mol. The van der Waals surface area contributed by atoms with Gasteiger partial charge in [0.2, 0.25) is 5.91 Å². The molecular formula is C12H12BrF3N2O. The van der Waals surface area contributed by atoms with Crippen molar-refractivity contribution >= 4 is 27.5 Å². The lowest BCUT2D eigenvalue weighted by Crippen LogP contribution is -2.35. The third kappa shape index (κ3) is 3.48. The summed E-state index contributed by atoms with van der Waals surface area (Å²) in [7, 11) is 0. The van der Waals surface area contributed by atoms with Gasteiger partial charge in [0, 0.05) is 4.47 Å². The maximum atomic E-state index is 12.6. The first-order chi connectivity index (χ1) is 8.88. The fourth-order valence-electron chi connectivity index (χ4n) is 1.93. The second kappa shape index (κ2) is 5.50. The number of rotatable bonds is 2. The van der Waals surface area contributed by atoms with Crippen molar-refractivity contribution in [2.45, 2.75) is 25.1 Å². The molecule has 2 rings (SSSR count). The van der Waals surface area contributed by atoms with E-state index < -0.39 is 11.7 Å². The van der Waals surface area contributed by atoms with Gasteiger partial charge in [-0.25, -0.2) is 0 Å². The summed E-state index contributed by atoms with van der Waals surface area (Å²) in [5.41, 5.74) is -0.654. The number of benzene rings is 1. The zero-order valence-electron chi connectivity index (χ0n) is 9.85. The van der Waals surface area contributed by atoms with Crippen molar-refractivity contribution in [1.29, 1.82) is 0 Å². The van der Waals surface area contributed by atoms with Gasteiger partial charge in [-0.05, 0) is 53.5 Å². The van der Waals surface area contributed by atoms with E-state index in [0.29, 0.717) is 10.9 Å². The summed E-state index contributed by atoms with van der Waals surface area (Å²) in [6.45, 7) is 0.752. The Bertz CT molecular complexity index is 484.